The van der Waals surface area contributed by atoms with Crippen LogP contribution in [0, 0.1) is 0 Å². The number of ether oxygens (including phenoxy) is 2. The minimum Gasteiger partial charge on any atom is -0.544 e. The molecule has 0 saturated carbocycles. The topological polar surface area (TPSA) is 76.4 Å². The Labute approximate surface area is 130 Å². The Balaban J connectivity index is 2.19. The van der Waals surface area contributed by atoms with Gasteiger partial charge in [0, 0.05) is 18.0 Å². The molecule has 0 bridgehead atoms. The number of methoxy groups -OCH3 is 2. The smallest absolute Gasteiger partial charge is 0.161 e. The van der Waals surface area contributed by atoms with Gasteiger partial charge in [0.05, 0.1) is 25.1 Å². The molecule has 0 amide bonds. The molecule has 3 aromatic rings. The summed E-state index contributed by atoms with van der Waals surface area (Å²) < 4.78 is 12.2. The summed E-state index contributed by atoms with van der Waals surface area (Å²) in [6.07, 6.45) is 0. The van der Waals surface area contributed by atoms with Crippen molar-refractivity contribution in [2.45, 2.75) is 0 Å². The van der Waals surface area contributed by atoms with E-state index < -0.39 is 5.97 Å². The maximum Gasteiger partial charge on any atom is 0.161 e. The van der Waals surface area contributed by atoms with E-state index >= 15 is 0 Å². The van der Waals surface area contributed by atoms with Crippen LogP contribution < -0.4 is 14.6 Å². The van der Waals surface area contributed by atoms with E-state index in [-0.39, 0.29) is 4.88 Å². The van der Waals surface area contributed by atoms with E-state index in [1.54, 1.807) is 38.1 Å². The molecule has 2 aromatic heterocycles. The summed E-state index contributed by atoms with van der Waals surface area (Å²) in [6, 6.07) is 7.06. The van der Waals surface area contributed by atoms with Gasteiger partial charge < -0.3 is 19.4 Å². The number of carbonyl (C=O) groups excluding carboxylic acids is 1. The van der Waals surface area contributed by atoms with Crippen molar-refractivity contribution in [3.8, 4) is 22.8 Å². The number of fused-ring (bicyclic) bond motifs is 1. The van der Waals surface area contributed by atoms with Crippen LogP contribution in [0.2, 0.25) is 0 Å². The van der Waals surface area contributed by atoms with Crippen molar-refractivity contribution >= 4 is 27.5 Å². The zero-order chi connectivity index (χ0) is 15.9. The lowest BCUT2D eigenvalue weighted by Gasteiger charge is -2.08. The second-order valence-electron chi connectivity index (χ2n) is 4.66. The number of carboxylic acids is 1. The molecule has 0 radical (unpaired) electrons. The minimum absolute atomic E-state index is 0.185. The molecule has 0 spiro atoms. The van der Waals surface area contributed by atoms with Crippen LogP contribution in [0.4, 0.5) is 0 Å². The molecule has 0 atom stereocenters. The van der Waals surface area contributed by atoms with Crippen LogP contribution in [-0.4, -0.2) is 30.0 Å². The highest BCUT2D eigenvalue weighted by Crippen LogP contribution is 2.37. The van der Waals surface area contributed by atoms with Crippen LogP contribution in [0.5, 0.6) is 11.5 Å². The number of thiophene rings is 1. The maximum atomic E-state index is 11.0. The number of carbonyl (C=O) groups is 1. The van der Waals surface area contributed by atoms with Crippen LogP contribution in [0.25, 0.3) is 21.5 Å². The van der Waals surface area contributed by atoms with E-state index in [0.717, 1.165) is 27.1 Å². The number of carboxylic acid groups (broad SMARTS) is 1. The molecule has 0 aliphatic heterocycles. The van der Waals surface area contributed by atoms with Crippen molar-refractivity contribution in [1.29, 1.82) is 0 Å². The number of rotatable bonds is 4. The molecule has 0 fully saturated rings. The van der Waals surface area contributed by atoms with Gasteiger partial charge in [-0.3, -0.25) is 4.68 Å². The van der Waals surface area contributed by atoms with Crippen LogP contribution in [0.3, 0.4) is 0 Å². The van der Waals surface area contributed by atoms with E-state index in [9.17, 15) is 9.90 Å². The third kappa shape index (κ3) is 2.19. The monoisotopic (exact) mass is 317 g/mol. The molecular formula is C15H13N2O4S-. The van der Waals surface area contributed by atoms with E-state index in [1.165, 1.54) is 0 Å². The molecule has 2 heterocycles. The highest BCUT2D eigenvalue weighted by Gasteiger charge is 2.16. The Bertz CT molecular complexity index is 866. The fourth-order valence-corrected chi connectivity index (χ4v) is 3.24. The quantitative estimate of drug-likeness (QED) is 0.732. The van der Waals surface area contributed by atoms with Gasteiger partial charge in [0.2, 0.25) is 0 Å². The van der Waals surface area contributed by atoms with Gasteiger partial charge in [0.25, 0.3) is 0 Å². The summed E-state index contributed by atoms with van der Waals surface area (Å²) in [5.74, 6) is 0.0350. The minimum atomic E-state index is -1.18. The van der Waals surface area contributed by atoms with Crippen molar-refractivity contribution in [3.05, 3.63) is 29.1 Å². The normalized spacial score (nSPS) is 10.9. The summed E-state index contributed by atoms with van der Waals surface area (Å²) in [5.41, 5.74) is 1.52. The molecule has 0 aliphatic rings. The predicted octanol–water partition coefficient (Wildman–Crippen LogP) is 1.68. The molecule has 7 heteroatoms. The SMILES string of the molecule is COc1ccc(-c2nn(C)c3sc(C(=O)[O-])cc23)cc1OC. The third-order valence-electron chi connectivity index (χ3n) is 3.37. The highest BCUT2D eigenvalue weighted by atomic mass is 32.1. The first kappa shape index (κ1) is 14.4. The van der Waals surface area contributed by atoms with Crippen LogP contribution in [0.15, 0.2) is 24.3 Å². The first-order valence-electron chi connectivity index (χ1n) is 6.45. The molecule has 0 N–H and O–H groups in total. The number of aromatic nitrogens is 2. The Kier molecular flexibility index (Phi) is 3.50. The molecule has 0 aliphatic carbocycles. The third-order valence-corrected chi connectivity index (χ3v) is 4.55. The molecule has 1 aromatic carbocycles. The van der Waals surface area contributed by atoms with Crippen molar-refractivity contribution in [2.75, 3.05) is 14.2 Å². The molecule has 114 valence electrons. The van der Waals surface area contributed by atoms with Crippen LogP contribution in [0.1, 0.15) is 9.67 Å². The average molecular weight is 317 g/mol. The Morgan fingerprint density at radius 1 is 1.23 bits per heavy atom. The van der Waals surface area contributed by atoms with Gasteiger partial charge >= 0.3 is 0 Å². The Morgan fingerprint density at radius 2 is 1.95 bits per heavy atom. The molecule has 6 nitrogen and oxygen atoms in total. The molecule has 0 saturated heterocycles. The fourth-order valence-electron chi connectivity index (χ4n) is 2.34. The molecule has 3 rings (SSSR count). The lowest BCUT2D eigenvalue weighted by atomic mass is 10.1. The van der Waals surface area contributed by atoms with E-state index in [1.807, 2.05) is 12.1 Å². The average Bonchev–Trinajstić information content (AvgIpc) is 3.07. The first-order chi connectivity index (χ1) is 10.5. The fraction of sp³-hybridized carbons (Fsp3) is 0.200. The van der Waals surface area contributed by atoms with Crippen LogP contribution >= 0.6 is 11.3 Å². The Hall–Kier alpha value is -2.54. The number of benzene rings is 1. The summed E-state index contributed by atoms with van der Waals surface area (Å²) in [5, 5.41) is 16.3. The van der Waals surface area contributed by atoms with Gasteiger partial charge in [-0.05, 0) is 24.3 Å². The van der Waals surface area contributed by atoms with Gasteiger partial charge in [-0.1, -0.05) is 0 Å². The van der Waals surface area contributed by atoms with Gasteiger partial charge in [-0.2, -0.15) is 5.10 Å². The largest absolute Gasteiger partial charge is 0.544 e. The number of hydrogen-bond donors (Lipinski definition) is 0. The van der Waals surface area contributed by atoms with Crippen molar-refractivity contribution in [3.63, 3.8) is 0 Å². The number of aryl methyl sites for hydroxylation is 1. The zero-order valence-electron chi connectivity index (χ0n) is 12.2. The van der Waals surface area contributed by atoms with Gasteiger partial charge in [0.1, 0.15) is 10.5 Å². The molecule has 22 heavy (non-hydrogen) atoms. The zero-order valence-corrected chi connectivity index (χ0v) is 13.1. The van der Waals surface area contributed by atoms with Gasteiger partial charge in [-0.25, -0.2) is 0 Å². The standard InChI is InChI=1S/C15H14N2O4S/c1-17-14-9(7-12(22-14)15(18)19)13(16-17)8-4-5-10(20-2)11(6-8)21-3/h4-7H,1-3H3,(H,18,19)/p-1. The van der Waals surface area contributed by atoms with Crippen molar-refractivity contribution in [2.24, 2.45) is 7.05 Å². The Morgan fingerprint density at radius 3 is 2.59 bits per heavy atom. The summed E-state index contributed by atoms with van der Waals surface area (Å²) in [6.45, 7) is 0. The maximum absolute atomic E-state index is 11.0. The molecule has 0 unspecified atom stereocenters. The number of aromatic carboxylic acids is 1. The van der Waals surface area contributed by atoms with Gasteiger partial charge in [-0.15, -0.1) is 11.3 Å². The second kappa shape index (κ2) is 5.34. The summed E-state index contributed by atoms with van der Waals surface area (Å²) >= 11 is 1.15. The molecular weight excluding hydrogens is 304 g/mol. The first-order valence-corrected chi connectivity index (χ1v) is 7.27. The lowest BCUT2D eigenvalue weighted by molar-refractivity contribution is -0.254. The number of hydrogen-bond acceptors (Lipinski definition) is 6. The van der Waals surface area contributed by atoms with Crippen LogP contribution in [-0.2, 0) is 7.05 Å². The van der Waals surface area contributed by atoms with Crippen molar-refractivity contribution < 1.29 is 19.4 Å². The second-order valence-corrected chi connectivity index (χ2v) is 5.69. The highest BCUT2D eigenvalue weighted by molar-refractivity contribution is 7.20. The van der Waals surface area contributed by atoms with E-state index in [2.05, 4.69) is 5.10 Å². The summed E-state index contributed by atoms with van der Waals surface area (Å²) in [7, 11) is 4.91. The van der Waals surface area contributed by atoms with E-state index in [0.29, 0.717) is 17.2 Å². The van der Waals surface area contributed by atoms with E-state index in [4.69, 9.17) is 9.47 Å². The predicted molar refractivity (Wildman–Crippen MR) is 81.5 cm³/mol. The van der Waals surface area contributed by atoms with Crippen molar-refractivity contribution in [1.82, 2.24) is 9.78 Å². The van der Waals surface area contributed by atoms with Gasteiger partial charge in [0.15, 0.2) is 11.5 Å². The lowest BCUT2D eigenvalue weighted by Crippen LogP contribution is -2.20. The number of nitrogens with zero attached hydrogens (tertiary/aromatic N) is 2. The summed E-state index contributed by atoms with van der Waals surface area (Å²) in [4.78, 5) is 12.0.